The van der Waals surface area contributed by atoms with E-state index in [0.29, 0.717) is 0 Å². The molecule has 0 radical (unpaired) electrons. The number of carboxylic acids is 1. The van der Waals surface area contributed by atoms with E-state index >= 15 is 0 Å². The molecule has 168 valence electrons. The molecule has 0 unspecified atom stereocenters. The Balaban J connectivity index is 1.83. The molecule has 32 heavy (non-hydrogen) atoms. The number of hydrogen-bond acceptors (Lipinski definition) is 6. The van der Waals surface area contributed by atoms with Crippen molar-refractivity contribution < 1.29 is 33.8 Å². The molecule has 2 aromatic rings. The van der Waals surface area contributed by atoms with Gasteiger partial charge in [-0.05, 0) is 37.1 Å². The minimum atomic E-state index is -2.01. The van der Waals surface area contributed by atoms with Crippen LogP contribution < -0.4 is 5.32 Å². The van der Waals surface area contributed by atoms with Gasteiger partial charge in [-0.15, -0.1) is 0 Å². The van der Waals surface area contributed by atoms with E-state index in [9.17, 15) is 24.3 Å². The molecule has 2 atom stereocenters. The van der Waals surface area contributed by atoms with Crippen LogP contribution in [0.4, 0.5) is 0 Å². The van der Waals surface area contributed by atoms with Gasteiger partial charge in [-0.2, -0.15) is 0 Å². The molecule has 0 aromatic heterocycles. The van der Waals surface area contributed by atoms with Crippen LogP contribution in [0.25, 0.3) is 0 Å². The maximum Gasteiger partial charge on any atom is 0.349 e. The molecule has 2 aromatic carbocycles. The molecule has 2 N–H and O–H groups in total. The van der Waals surface area contributed by atoms with Gasteiger partial charge in [-0.25, -0.2) is 14.4 Å². The van der Waals surface area contributed by atoms with E-state index in [-0.39, 0.29) is 17.2 Å². The van der Waals surface area contributed by atoms with E-state index in [1.165, 1.54) is 24.3 Å². The third-order valence-electron chi connectivity index (χ3n) is 5.22. The smallest absolute Gasteiger partial charge is 0.349 e. The number of benzene rings is 2. The summed E-state index contributed by atoms with van der Waals surface area (Å²) in [6.45, 7) is 0. The van der Waals surface area contributed by atoms with E-state index in [1.807, 2.05) is 0 Å². The van der Waals surface area contributed by atoms with Gasteiger partial charge in [0, 0.05) is 6.04 Å². The van der Waals surface area contributed by atoms with Gasteiger partial charge in [0.25, 0.3) is 5.91 Å². The second-order valence-corrected chi connectivity index (χ2v) is 7.57. The van der Waals surface area contributed by atoms with E-state index in [1.54, 1.807) is 36.4 Å². The zero-order valence-electron chi connectivity index (χ0n) is 17.4. The molecule has 1 aliphatic rings. The first-order valence-corrected chi connectivity index (χ1v) is 10.5. The zero-order chi connectivity index (χ0) is 22.9. The number of aliphatic carboxylic acids is 1. The number of rotatable bonds is 8. The molecule has 8 nitrogen and oxygen atoms in total. The van der Waals surface area contributed by atoms with Crippen molar-refractivity contribution in [3.05, 3.63) is 71.8 Å². The van der Waals surface area contributed by atoms with Crippen molar-refractivity contribution in [2.75, 3.05) is 0 Å². The molecule has 3 rings (SSSR count). The van der Waals surface area contributed by atoms with Crippen LogP contribution in [0.15, 0.2) is 60.7 Å². The number of esters is 2. The number of carboxylic acid groups (broad SMARTS) is 1. The average molecular weight is 439 g/mol. The fourth-order valence-electron chi connectivity index (χ4n) is 3.54. The Kier molecular flexibility index (Phi) is 7.96. The lowest BCUT2D eigenvalue weighted by Crippen LogP contribution is -2.52. The van der Waals surface area contributed by atoms with Crippen LogP contribution in [-0.4, -0.2) is 47.2 Å². The Bertz CT molecular complexity index is 939. The number of carbonyl (C=O) groups is 4. The van der Waals surface area contributed by atoms with Crippen molar-refractivity contribution in [1.29, 1.82) is 0 Å². The van der Waals surface area contributed by atoms with E-state index < -0.39 is 36.0 Å². The summed E-state index contributed by atoms with van der Waals surface area (Å²) in [5.41, 5.74) is 0.251. The van der Waals surface area contributed by atoms with Crippen molar-refractivity contribution in [2.24, 2.45) is 0 Å². The molecule has 1 saturated carbocycles. The Hall–Kier alpha value is -3.68. The lowest BCUT2D eigenvalue weighted by molar-refractivity contribution is -0.159. The Morgan fingerprint density at radius 2 is 1.22 bits per heavy atom. The summed E-state index contributed by atoms with van der Waals surface area (Å²) >= 11 is 0. The zero-order valence-corrected chi connectivity index (χ0v) is 17.4. The maximum absolute atomic E-state index is 13.0. The van der Waals surface area contributed by atoms with Crippen molar-refractivity contribution >= 4 is 23.8 Å². The number of hydrogen-bond donors (Lipinski definition) is 2. The van der Waals surface area contributed by atoms with Crippen LogP contribution in [0.2, 0.25) is 0 Å². The lowest BCUT2D eigenvalue weighted by Gasteiger charge is -2.27. The molecule has 1 fully saturated rings. The summed E-state index contributed by atoms with van der Waals surface area (Å²) in [4.78, 5) is 50.0. The minimum absolute atomic E-state index is 0.111. The highest BCUT2D eigenvalue weighted by molar-refractivity contribution is 5.96. The molecule has 0 bridgehead atoms. The first-order valence-electron chi connectivity index (χ1n) is 10.5. The lowest BCUT2D eigenvalue weighted by atomic mass is 9.95. The molecule has 0 saturated heterocycles. The van der Waals surface area contributed by atoms with Crippen molar-refractivity contribution in [3.8, 4) is 0 Å². The maximum atomic E-state index is 13.0. The van der Waals surface area contributed by atoms with E-state index in [0.717, 1.165) is 32.1 Å². The highest BCUT2D eigenvalue weighted by Crippen LogP contribution is 2.19. The summed E-state index contributed by atoms with van der Waals surface area (Å²) in [5.74, 6) is -4.24. The van der Waals surface area contributed by atoms with Crippen molar-refractivity contribution in [3.63, 3.8) is 0 Å². The standard InChI is InChI=1S/C24H25NO7/c26-21(25-18-14-8-3-9-15-18)19(31-23(29)16-10-4-1-5-11-16)20(22(27)28)32-24(30)17-12-6-2-7-13-17/h1-2,4-7,10-13,18-20H,3,8-9,14-15H2,(H,25,26)(H,27,28)/t19-,20-/m0/s1. The summed E-state index contributed by atoms with van der Waals surface area (Å²) < 4.78 is 10.4. The van der Waals surface area contributed by atoms with Gasteiger partial charge in [0.2, 0.25) is 12.2 Å². The average Bonchev–Trinajstić information content (AvgIpc) is 2.82. The minimum Gasteiger partial charge on any atom is -0.478 e. The van der Waals surface area contributed by atoms with Gasteiger partial charge in [0.05, 0.1) is 11.1 Å². The summed E-state index contributed by atoms with van der Waals surface area (Å²) in [5, 5.41) is 12.5. The molecular formula is C24H25NO7. The second kappa shape index (κ2) is 11.1. The molecule has 1 amide bonds. The van der Waals surface area contributed by atoms with Crippen LogP contribution in [0.5, 0.6) is 0 Å². The highest BCUT2D eigenvalue weighted by Gasteiger charge is 2.41. The van der Waals surface area contributed by atoms with E-state index in [4.69, 9.17) is 9.47 Å². The molecule has 1 aliphatic carbocycles. The Morgan fingerprint density at radius 3 is 1.69 bits per heavy atom. The monoisotopic (exact) mass is 439 g/mol. The summed E-state index contributed by atoms with van der Waals surface area (Å²) in [6, 6.07) is 15.5. The van der Waals surface area contributed by atoms with Crippen LogP contribution in [0, 0.1) is 0 Å². The third-order valence-corrected chi connectivity index (χ3v) is 5.22. The molecule has 0 aliphatic heterocycles. The van der Waals surface area contributed by atoms with Crippen LogP contribution >= 0.6 is 0 Å². The topological polar surface area (TPSA) is 119 Å². The molecule has 8 heteroatoms. The first-order chi connectivity index (χ1) is 15.5. The van der Waals surface area contributed by atoms with Crippen molar-refractivity contribution in [1.82, 2.24) is 5.32 Å². The fraction of sp³-hybridized carbons (Fsp3) is 0.333. The van der Waals surface area contributed by atoms with Gasteiger partial charge < -0.3 is 19.9 Å². The summed E-state index contributed by atoms with van der Waals surface area (Å²) in [6.07, 6.45) is 0.550. The SMILES string of the molecule is O=C(O[C@H](C(=O)O)[C@H](OC(=O)c1ccccc1)C(=O)NC1CCCCC1)c1ccccc1. The molecule has 0 spiro atoms. The van der Waals surface area contributed by atoms with E-state index in [2.05, 4.69) is 5.32 Å². The largest absolute Gasteiger partial charge is 0.478 e. The quantitative estimate of drug-likeness (QED) is 0.607. The third kappa shape index (κ3) is 6.16. The summed E-state index contributed by atoms with van der Waals surface area (Å²) in [7, 11) is 0. The second-order valence-electron chi connectivity index (χ2n) is 7.57. The van der Waals surface area contributed by atoms with Gasteiger partial charge in [-0.3, -0.25) is 4.79 Å². The normalized spacial score (nSPS) is 15.8. The predicted octanol–water partition coefficient (Wildman–Crippen LogP) is 2.97. The van der Waals surface area contributed by atoms with Gasteiger partial charge >= 0.3 is 17.9 Å². The van der Waals surface area contributed by atoms with Crippen LogP contribution in [0.1, 0.15) is 52.8 Å². The highest BCUT2D eigenvalue weighted by atomic mass is 16.6. The number of amides is 1. The van der Waals surface area contributed by atoms with Crippen LogP contribution in [0.3, 0.4) is 0 Å². The Labute approximate surface area is 185 Å². The molecular weight excluding hydrogens is 414 g/mol. The number of ether oxygens (including phenoxy) is 2. The van der Waals surface area contributed by atoms with Crippen LogP contribution in [-0.2, 0) is 19.1 Å². The van der Waals surface area contributed by atoms with Gasteiger partial charge in [0.1, 0.15) is 0 Å². The molecule has 0 heterocycles. The Morgan fingerprint density at radius 1 is 0.750 bits per heavy atom. The first kappa shape index (κ1) is 23.0. The fourth-order valence-corrected chi connectivity index (χ4v) is 3.54. The number of nitrogens with one attached hydrogen (secondary N) is 1. The van der Waals surface area contributed by atoms with Gasteiger partial charge in [0.15, 0.2) is 0 Å². The predicted molar refractivity (Wildman–Crippen MR) is 114 cm³/mol. The van der Waals surface area contributed by atoms with Crippen molar-refractivity contribution in [2.45, 2.75) is 50.4 Å². The van der Waals surface area contributed by atoms with Gasteiger partial charge in [-0.1, -0.05) is 55.7 Å². The number of carbonyl (C=O) groups excluding carboxylic acids is 3.